The normalized spacial score (nSPS) is 13.4. The molecule has 1 N–H and O–H groups in total. The van der Waals surface area contributed by atoms with Crippen molar-refractivity contribution in [3.63, 3.8) is 0 Å². The average Bonchev–Trinajstić information content (AvgIpc) is 2.45. The molecule has 6 heteroatoms. The van der Waals surface area contributed by atoms with E-state index in [0.29, 0.717) is 13.1 Å². The summed E-state index contributed by atoms with van der Waals surface area (Å²) in [5.74, 6) is 0.845. The highest BCUT2D eigenvalue weighted by molar-refractivity contribution is 7.88. The minimum absolute atomic E-state index is 0.226. The highest BCUT2D eigenvalue weighted by Crippen LogP contribution is 2.17. The van der Waals surface area contributed by atoms with Crippen LogP contribution in [0.5, 0.6) is 5.75 Å². The Morgan fingerprint density at radius 2 is 1.90 bits per heavy atom. The van der Waals surface area contributed by atoms with Gasteiger partial charge in [0.15, 0.2) is 0 Å². The van der Waals surface area contributed by atoms with Crippen LogP contribution < -0.4 is 10.1 Å². The summed E-state index contributed by atoms with van der Waals surface area (Å²) in [6.45, 7) is 5.80. The lowest BCUT2D eigenvalue weighted by Crippen LogP contribution is -2.32. The van der Waals surface area contributed by atoms with Gasteiger partial charge < -0.3 is 10.1 Å². The van der Waals surface area contributed by atoms with Gasteiger partial charge in [-0.15, -0.1) is 0 Å². The van der Waals surface area contributed by atoms with Crippen molar-refractivity contribution in [1.82, 2.24) is 9.62 Å². The molecule has 120 valence electrons. The Balaban J connectivity index is 2.37. The SMILES string of the molecule is CCN(CCCNC(C)c1ccc(OC)cc1)S(C)(=O)=O. The van der Waals surface area contributed by atoms with Crippen LogP contribution in [0.2, 0.25) is 0 Å². The molecule has 0 heterocycles. The van der Waals surface area contributed by atoms with E-state index in [9.17, 15) is 8.42 Å². The topological polar surface area (TPSA) is 58.6 Å². The van der Waals surface area contributed by atoms with Gasteiger partial charge in [0.25, 0.3) is 0 Å². The fourth-order valence-corrected chi connectivity index (χ4v) is 3.07. The van der Waals surface area contributed by atoms with Crippen molar-refractivity contribution >= 4 is 10.0 Å². The summed E-state index contributed by atoms with van der Waals surface area (Å²) in [4.78, 5) is 0. The molecule has 1 aromatic rings. The van der Waals surface area contributed by atoms with Crippen molar-refractivity contribution in [1.29, 1.82) is 0 Å². The van der Waals surface area contributed by atoms with Crippen LogP contribution >= 0.6 is 0 Å². The number of benzene rings is 1. The van der Waals surface area contributed by atoms with E-state index in [1.165, 1.54) is 16.1 Å². The fraction of sp³-hybridized carbons (Fsp3) is 0.600. The first-order valence-corrected chi connectivity index (χ1v) is 9.05. The molecule has 0 saturated carbocycles. The summed E-state index contributed by atoms with van der Waals surface area (Å²) in [6, 6.07) is 8.17. The molecule has 0 saturated heterocycles. The molecule has 0 aromatic heterocycles. The van der Waals surface area contributed by atoms with Gasteiger partial charge in [-0.1, -0.05) is 19.1 Å². The summed E-state index contributed by atoms with van der Waals surface area (Å²) in [7, 11) is -1.43. The average molecular weight is 314 g/mol. The number of methoxy groups -OCH3 is 1. The van der Waals surface area contributed by atoms with Gasteiger partial charge in [0.2, 0.25) is 10.0 Å². The van der Waals surface area contributed by atoms with Gasteiger partial charge in [-0.2, -0.15) is 0 Å². The molecule has 0 spiro atoms. The molecule has 0 aliphatic rings. The van der Waals surface area contributed by atoms with Gasteiger partial charge >= 0.3 is 0 Å². The monoisotopic (exact) mass is 314 g/mol. The molecule has 0 aliphatic heterocycles. The van der Waals surface area contributed by atoms with Crippen LogP contribution in [0.15, 0.2) is 24.3 Å². The van der Waals surface area contributed by atoms with E-state index < -0.39 is 10.0 Å². The highest BCUT2D eigenvalue weighted by atomic mass is 32.2. The molecule has 0 bridgehead atoms. The molecule has 0 fully saturated rings. The summed E-state index contributed by atoms with van der Waals surface area (Å²) in [5, 5.41) is 3.40. The first-order chi connectivity index (χ1) is 9.88. The maximum absolute atomic E-state index is 11.5. The first-order valence-electron chi connectivity index (χ1n) is 7.21. The Morgan fingerprint density at radius 3 is 2.38 bits per heavy atom. The zero-order chi connectivity index (χ0) is 15.9. The molecule has 1 rings (SSSR count). The Hall–Kier alpha value is -1.11. The third-order valence-electron chi connectivity index (χ3n) is 3.47. The number of sulfonamides is 1. The number of ether oxygens (including phenoxy) is 1. The third-order valence-corrected chi connectivity index (χ3v) is 4.85. The maximum atomic E-state index is 11.5. The predicted molar refractivity (Wildman–Crippen MR) is 86.1 cm³/mol. The van der Waals surface area contributed by atoms with Crippen molar-refractivity contribution in [2.45, 2.75) is 26.3 Å². The van der Waals surface area contributed by atoms with E-state index in [1.807, 2.05) is 31.2 Å². The quantitative estimate of drug-likeness (QED) is 0.709. The van der Waals surface area contributed by atoms with Crippen LogP contribution in [0.4, 0.5) is 0 Å². The van der Waals surface area contributed by atoms with Crippen molar-refractivity contribution < 1.29 is 13.2 Å². The predicted octanol–water partition coefficient (Wildman–Crippen LogP) is 2.02. The van der Waals surface area contributed by atoms with Crippen LogP contribution in [-0.2, 0) is 10.0 Å². The summed E-state index contributed by atoms with van der Waals surface area (Å²) < 4.78 is 29.6. The van der Waals surface area contributed by atoms with Crippen molar-refractivity contribution in [2.24, 2.45) is 0 Å². The van der Waals surface area contributed by atoms with Crippen LogP contribution in [0.3, 0.4) is 0 Å². The van der Waals surface area contributed by atoms with E-state index in [1.54, 1.807) is 7.11 Å². The first kappa shape index (κ1) is 17.9. The Labute approximate surface area is 128 Å². The number of nitrogens with one attached hydrogen (secondary N) is 1. The van der Waals surface area contributed by atoms with E-state index in [4.69, 9.17) is 4.74 Å². The van der Waals surface area contributed by atoms with Crippen molar-refractivity contribution in [3.05, 3.63) is 29.8 Å². The third kappa shape index (κ3) is 6.03. The second kappa shape index (κ2) is 8.36. The molecular formula is C15H26N2O3S. The molecule has 1 aromatic carbocycles. The second-order valence-corrected chi connectivity index (χ2v) is 7.04. The molecule has 1 atom stereocenters. The van der Waals surface area contributed by atoms with Crippen LogP contribution in [0.25, 0.3) is 0 Å². The maximum Gasteiger partial charge on any atom is 0.211 e. The second-order valence-electron chi connectivity index (χ2n) is 5.06. The lowest BCUT2D eigenvalue weighted by Gasteiger charge is -2.19. The number of hydrogen-bond donors (Lipinski definition) is 1. The lowest BCUT2D eigenvalue weighted by molar-refractivity contribution is 0.412. The molecule has 21 heavy (non-hydrogen) atoms. The zero-order valence-electron chi connectivity index (χ0n) is 13.3. The van der Waals surface area contributed by atoms with Gasteiger partial charge in [-0.05, 0) is 37.6 Å². The van der Waals surface area contributed by atoms with Gasteiger partial charge in [0, 0.05) is 19.1 Å². The van der Waals surface area contributed by atoms with Gasteiger partial charge in [0.1, 0.15) is 5.75 Å². The molecule has 5 nitrogen and oxygen atoms in total. The van der Waals surface area contributed by atoms with Crippen molar-refractivity contribution in [2.75, 3.05) is 33.0 Å². The van der Waals surface area contributed by atoms with E-state index in [-0.39, 0.29) is 6.04 Å². The molecule has 0 amide bonds. The summed E-state index contributed by atoms with van der Waals surface area (Å²) >= 11 is 0. The Bertz CT molecular complexity index is 514. The lowest BCUT2D eigenvalue weighted by atomic mass is 10.1. The summed E-state index contributed by atoms with van der Waals surface area (Å²) in [5.41, 5.74) is 1.19. The van der Waals surface area contributed by atoms with Crippen molar-refractivity contribution in [3.8, 4) is 5.75 Å². The summed E-state index contributed by atoms with van der Waals surface area (Å²) in [6.07, 6.45) is 2.05. The van der Waals surface area contributed by atoms with E-state index >= 15 is 0 Å². The van der Waals surface area contributed by atoms with E-state index in [0.717, 1.165) is 18.7 Å². The molecular weight excluding hydrogens is 288 g/mol. The minimum atomic E-state index is -3.08. The number of rotatable bonds is 9. The highest BCUT2D eigenvalue weighted by Gasteiger charge is 2.13. The van der Waals surface area contributed by atoms with Gasteiger partial charge in [-0.25, -0.2) is 12.7 Å². The molecule has 0 aliphatic carbocycles. The molecule has 0 radical (unpaired) electrons. The Morgan fingerprint density at radius 1 is 1.29 bits per heavy atom. The Kier molecular flexibility index (Phi) is 7.14. The molecule has 1 unspecified atom stereocenters. The largest absolute Gasteiger partial charge is 0.497 e. The number of hydrogen-bond acceptors (Lipinski definition) is 4. The fourth-order valence-electron chi connectivity index (χ4n) is 2.14. The zero-order valence-corrected chi connectivity index (χ0v) is 14.1. The van der Waals surface area contributed by atoms with E-state index in [2.05, 4.69) is 12.2 Å². The number of nitrogens with zero attached hydrogens (tertiary/aromatic N) is 1. The van der Waals surface area contributed by atoms with Crippen LogP contribution in [-0.4, -0.2) is 45.7 Å². The van der Waals surface area contributed by atoms with Crippen LogP contribution in [0, 0.1) is 0 Å². The van der Waals surface area contributed by atoms with Gasteiger partial charge in [0.05, 0.1) is 13.4 Å². The minimum Gasteiger partial charge on any atom is -0.497 e. The van der Waals surface area contributed by atoms with Gasteiger partial charge in [-0.3, -0.25) is 0 Å². The van der Waals surface area contributed by atoms with Crippen LogP contribution in [0.1, 0.15) is 31.9 Å². The smallest absolute Gasteiger partial charge is 0.211 e. The standard InChI is InChI=1S/C15H26N2O3S/c1-5-17(21(4,18)19)12-6-11-16-13(2)14-7-9-15(20-3)10-8-14/h7-10,13,16H,5-6,11-12H2,1-4H3.